The van der Waals surface area contributed by atoms with Crippen molar-refractivity contribution in [2.45, 2.75) is 11.8 Å². The van der Waals surface area contributed by atoms with Gasteiger partial charge in [0.05, 0.1) is 22.3 Å². The molecule has 7 heteroatoms. The fourth-order valence-electron chi connectivity index (χ4n) is 2.39. The summed E-state index contributed by atoms with van der Waals surface area (Å²) in [6.07, 6.45) is 0. The highest BCUT2D eigenvalue weighted by atomic mass is 32.2. The van der Waals surface area contributed by atoms with E-state index in [4.69, 9.17) is 5.26 Å². The molecule has 0 bridgehead atoms. The van der Waals surface area contributed by atoms with Crippen molar-refractivity contribution < 1.29 is 8.42 Å². The van der Waals surface area contributed by atoms with Gasteiger partial charge in [-0.2, -0.15) is 5.26 Å². The molecule has 0 radical (unpaired) electrons. The molecule has 0 aliphatic carbocycles. The molecule has 3 rings (SSSR count). The number of aryl methyl sites for hydroxylation is 2. The standard InChI is InChI=1S/C16H14N4O2S/c1-11-18-14-9-13(7-8-15(14)20(11)2)19-23(21,22)16-6-4-3-5-12(16)10-17/h3-9,19H,1-2H3. The first-order valence-corrected chi connectivity index (χ1v) is 8.36. The van der Waals surface area contributed by atoms with Gasteiger partial charge in [-0.1, -0.05) is 12.1 Å². The van der Waals surface area contributed by atoms with Gasteiger partial charge >= 0.3 is 0 Å². The van der Waals surface area contributed by atoms with Crippen LogP contribution >= 0.6 is 0 Å². The third-order valence-corrected chi connectivity index (χ3v) is 5.09. The number of fused-ring (bicyclic) bond motifs is 1. The maximum absolute atomic E-state index is 12.5. The zero-order chi connectivity index (χ0) is 16.6. The van der Waals surface area contributed by atoms with E-state index in [1.807, 2.05) is 30.7 Å². The summed E-state index contributed by atoms with van der Waals surface area (Å²) in [4.78, 5) is 4.34. The van der Waals surface area contributed by atoms with Gasteiger partial charge in [-0.25, -0.2) is 13.4 Å². The zero-order valence-electron chi connectivity index (χ0n) is 12.6. The summed E-state index contributed by atoms with van der Waals surface area (Å²) < 4.78 is 29.4. The van der Waals surface area contributed by atoms with Crippen molar-refractivity contribution in [1.29, 1.82) is 5.26 Å². The number of anilines is 1. The van der Waals surface area contributed by atoms with Gasteiger partial charge in [-0.15, -0.1) is 0 Å². The molecule has 6 nitrogen and oxygen atoms in total. The molecule has 2 aromatic carbocycles. The molecule has 0 unspecified atom stereocenters. The van der Waals surface area contributed by atoms with Crippen molar-refractivity contribution in [2.75, 3.05) is 4.72 Å². The third kappa shape index (κ3) is 2.64. The van der Waals surface area contributed by atoms with E-state index in [0.717, 1.165) is 11.3 Å². The number of hydrogen-bond donors (Lipinski definition) is 1. The number of nitriles is 1. The Hall–Kier alpha value is -2.85. The van der Waals surface area contributed by atoms with Crippen LogP contribution in [-0.2, 0) is 17.1 Å². The molecule has 0 saturated heterocycles. The molecule has 1 aromatic heterocycles. The van der Waals surface area contributed by atoms with Crippen molar-refractivity contribution in [3.63, 3.8) is 0 Å². The lowest BCUT2D eigenvalue weighted by Crippen LogP contribution is -2.14. The van der Waals surface area contributed by atoms with Crippen LogP contribution in [0, 0.1) is 18.3 Å². The van der Waals surface area contributed by atoms with Crippen molar-refractivity contribution in [3.05, 3.63) is 53.9 Å². The quantitative estimate of drug-likeness (QED) is 0.801. The lowest BCUT2D eigenvalue weighted by Gasteiger charge is -2.09. The van der Waals surface area contributed by atoms with E-state index in [9.17, 15) is 8.42 Å². The van der Waals surface area contributed by atoms with Crippen LogP contribution in [0.3, 0.4) is 0 Å². The minimum absolute atomic E-state index is 0.0419. The highest BCUT2D eigenvalue weighted by Gasteiger charge is 2.18. The van der Waals surface area contributed by atoms with Crippen molar-refractivity contribution in [1.82, 2.24) is 9.55 Å². The summed E-state index contributed by atoms with van der Waals surface area (Å²) in [6.45, 7) is 1.88. The van der Waals surface area contributed by atoms with E-state index in [2.05, 4.69) is 9.71 Å². The van der Waals surface area contributed by atoms with Gasteiger partial charge in [0.1, 0.15) is 16.8 Å². The molecule has 1 heterocycles. The maximum Gasteiger partial charge on any atom is 0.263 e. The predicted molar refractivity (Wildman–Crippen MR) is 87.4 cm³/mol. The molecule has 0 aliphatic heterocycles. The van der Waals surface area contributed by atoms with Gasteiger partial charge in [0.25, 0.3) is 10.0 Å². The second kappa shape index (κ2) is 5.41. The topological polar surface area (TPSA) is 87.8 Å². The molecular weight excluding hydrogens is 312 g/mol. The fraction of sp³-hybridized carbons (Fsp3) is 0.125. The van der Waals surface area contributed by atoms with Crippen LogP contribution in [0.25, 0.3) is 11.0 Å². The Bertz CT molecular complexity index is 1050. The van der Waals surface area contributed by atoms with Crippen LogP contribution in [0.1, 0.15) is 11.4 Å². The van der Waals surface area contributed by atoms with Crippen LogP contribution in [0.15, 0.2) is 47.4 Å². The van der Waals surface area contributed by atoms with Gasteiger partial charge in [0, 0.05) is 7.05 Å². The smallest absolute Gasteiger partial charge is 0.263 e. The maximum atomic E-state index is 12.5. The second-order valence-electron chi connectivity index (χ2n) is 5.13. The summed E-state index contributed by atoms with van der Waals surface area (Å²) in [5, 5.41) is 9.07. The number of nitrogens with one attached hydrogen (secondary N) is 1. The number of benzene rings is 2. The number of rotatable bonds is 3. The first kappa shape index (κ1) is 15.1. The summed E-state index contributed by atoms with van der Waals surface area (Å²) in [6, 6.07) is 13.1. The molecule has 23 heavy (non-hydrogen) atoms. The van der Waals surface area contributed by atoms with Crippen LogP contribution in [0.5, 0.6) is 0 Å². The van der Waals surface area contributed by atoms with Gasteiger partial charge in [-0.3, -0.25) is 4.72 Å². The predicted octanol–water partition coefficient (Wildman–Crippen LogP) is 2.55. The minimum atomic E-state index is -3.84. The van der Waals surface area contributed by atoms with Crippen molar-refractivity contribution in [3.8, 4) is 6.07 Å². The first-order valence-electron chi connectivity index (χ1n) is 6.87. The highest BCUT2D eigenvalue weighted by molar-refractivity contribution is 7.92. The Labute approximate surface area is 134 Å². The van der Waals surface area contributed by atoms with Crippen molar-refractivity contribution in [2.24, 2.45) is 7.05 Å². The molecule has 0 amide bonds. The molecule has 0 saturated carbocycles. The Balaban J connectivity index is 2.02. The highest BCUT2D eigenvalue weighted by Crippen LogP contribution is 2.23. The van der Waals surface area contributed by atoms with Crippen LogP contribution in [0.4, 0.5) is 5.69 Å². The van der Waals surface area contributed by atoms with Crippen LogP contribution < -0.4 is 4.72 Å². The van der Waals surface area contributed by atoms with E-state index in [0.29, 0.717) is 11.2 Å². The first-order chi connectivity index (χ1) is 10.9. The molecule has 116 valence electrons. The monoisotopic (exact) mass is 326 g/mol. The zero-order valence-corrected chi connectivity index (χ0v) is 13.4. The Morgan fingerprint density at radius 3 is 2.70 bits per heavy atom. The van der Waals surface area contributed by atoms with Crippen molar-refractivity contribution >= 4 is 26.7 Å². The van der Waals surface area contributed by atoms with Gasteiger partial charge in [0.2, 0.25) is 0 Å². The second-order valence-corrected chi connectivity index (χ2v) is 6.79. The van der Waals surface area contributed by atoms with Gasteiger partial charge < -0.3 is 4.57 Å². The van der Waals surface area contributed by atoms with Gasteiger partial charge in [-0.05, 0) is 37.3 Å². The molecule has 0 fully saturated rings. The summed E-state index contributed by atoms with van der Waals surface area (Å²) >= 11 is 0. The number of aromatic nitrogens is 2. The summed E-state index contributed by atoms with van der Waals surface area (Å²) in [5.74, 6) is 0.842. The Morgan fingerprint density at radius 2 is 1.96 bits per heavy atom. The largest absolute Gasteiger partial charge is 0.331 e. The van der Waals surface area contributed by atoms with E-state index in [1.165, 1.54) is 12.1 Å². The minimum Gasteiger partial charge on any atom is -0.331 e. The lowest BCUT2D eigenvalue weighted by molar-refractivity contribution is 0.601. The number of sulfonamides is 1. The van der Waals surface area contributed by atoms with E-state index in [1.54, 1.807) is 24.3 Å². The van der Waals surface area contributed by atoms with Crippen LogP contribution in [-0.4, -0.2) is 18.0 Å². The van der Waals surface area contributed by atoms with E-state index in [-0.39, 0.29) is 10.5 Å². The Morgan fingerprint density at radius 1 is 1.22 bits per heavy atom. The fourth-order valence-corrected chi connectivity index (χ4v) is 3.60. The number of imidazole rings is 1. The molecule has 3 aromatic rings. The average molecular weight is 326 g/mol. The van der Waals surface area contributed by atoms with E-state index < -0.39 is 10.0 Å². The molecule has 1 N–H and O–H groups in total. The molecule has 0 aliphatic rings. The average Bonchev–Trinajstić information content (AvgIpc) is 2.81. The van der Waals surface area contributed by atoms with Crippen LogP contribution in [0.2, 0.25) is 0 Å². The van der Waals surface area contributed by atoms with E-state index >= 15 is 0 Å². The molecule has 0 atom stereocenters. The molecule has 0 spiro atoms. The molecular formula is C16H14N4O2S. The third-order valence-electron chi connectivity index (χ3n) is 3.65. The SMILES string of the molecule is Cc1nc2cc(NS(=O)(=O)c3ccccc3C#N)ccc2n1C. The summed E-state index contributed by atoms with van der Waals surface area (Å²) in [7, 11) is -1.93. The number of nitrogens with zero attached hydrogens (tertiary/aromatic N) is 3. The van der Waals surface area contributed by atoms with Gasteiger partial charge in [0.15, 0.2) is 0 Å². The Kier molecular flexibility index (Phi) is 3.54. The summed E-state index contributed by atoms with van der Waals surface area (Å²) in [5.41, 5.74) is 2.14. The normalized spacial score (nSPS) is 11.3. The number of hydrogen-bond acceptors (Lipinski definition) is 4. The lowest BCUT2D eigenvalue weighted by atomic mass is 10.2.